The lowest BCUT2D eigenvalue weighted by Crippen LogP contribution is -2.30. The fourth-order valence-corrected chi connectivity index (χ4v) is 3.03. The van der Waals surface area contributed by atoms with Crippen molar-refractivity contribution in [1.29, 1.82) is 0 Å². The molecule has 1 aromatic heterocycles. The van der Waals surface area contributed by atoms with Crippen LogP contribution in [0.25, 0.3) is 0 Å². The molecule has 0 radical (unpaired) electrons. The van der Waals surface area contributed by atoms with Gasteiger partial charge in [0, 0.05) is 5.92 Å². The number of para-hydroxylation sites is 1. The van der Waals surface area contributed by atoms with Crippen molar-refractivity contribution in [1.82, 2.24) is 4.98 Å². The van der Waals surface area contributed by atoms with Gasteiger partial charge in [-0.15, -0.1) is 11.3 Å². The van der Waals surface area contributed by atoms with Gasteiger partial charge in [-0.2, -0.15) is 13.2 Å². The predicted octanol–water partition coefficient (Wildman–Crippen LogP) is 4.45. The molecule has 0 saturated heterocycles. The number of benzene rings is 1. The topological polar surface area (TPSA) is 51.2 Å². The highest BCUT2D eigenvalue weighted by molar-refractivity contribution is 7.14. The monoisotopic (exact) mass is 356 g/mol. The van der Waals surface area contributed by atoms with Gasteiger partial charge >= 0.3 is 6.18 Å². The molecule has 4 nitrogen and oxygen atoms in total. The Kier molecular flexibility index (Phi) is 4.49. The maximum absolute atomic E-state index is 13.0. The molecule has 0 aliphatic heterocycles. The number of carbonyl (C=O) groups excluding carboxylic acids is 1. The second-order valence-corrected chi connectivity index (χ2v) is 6.44. The van der Waals surface area contributed by atoms with Gasteiger partial charge in [-0.1, -0.05) is 12.1 Å². The second kappa shape index (κ2) is 6.43. The first-order valence-electron chi connectivity index (χ1n) is 7.43. The van der Waals surface area contributed by atoms with Crippen LogP contribution < -0.4 is 10.1 Å². The molecule has 0 bridgehead atoms. The van der Waals surface area contributed by atoms with Crippen molar-refractivity contribution in [3.05, 3.63) is 41.0 Å². The minimum absolute atomic E-state index is 0.362. The number of halogens is 3. The molecule has 24 heavy (non-hydrogen) atoms. The minimum atomic E-state index is -4.54. The summed E-state index contributed by atoms with van der Waals surface area (Å²) in [7, 11) is 0. The Bertz CT molecular complexity index is 741. The average Bonchev–Trinajstić information content (AvgIpc) is 3.26. The standard InChI is InChI=1S/C16H15F3N2O2S/c1-9(23-12-5-3-2-4-11(12)16(17,18)19)14(22)21-15-13(10-6-7-10)20-8-24-15/h2-5,8-10H,6-7H2,1H3,(H,21,22). The van der Waals surface area contributed by atoms with E-state index >= 15 is 0 Å². The predicted molar refractivity (Wildman–Crippen MR) is 84.3 cm³/mol. The Hall–Kier alpha value is -2.09. The van der Waals surface area contributed by atoms with E-state index in [4.69, 9.17) is 4.74 Å². The Morgan fingerprint density at radius 3 is 2.75 bits per heavy atom. The lowest BCUT2D eigenvalue weighted by Gasteiger charge is -2.18. The van der Waals surface area contributed by atoms with Gasteiger partial charge in [0.05, 0.1) is 16.8 Å². The summed E-state index contributed by atoms with van der Waals surface area (Å²) in [6.45, 7) is 1.42. The number of amides is 1. The van der Waals surface area contributed by atoms with Gasteiger partial charge in [0.15, 0.2) is 6.10 Å². The normalized spacial score (nSPS) is 15.8. The molecule has 1 aromatic carbocycles. The molecular weight excluding hydrogens is 341 g/mol. The summed E-state index contributed by atoms with van der Waals surface area (Å²) in [5, 5.41) is 3.34. The SMILES string of the molecule is CC(Oc1ccccc1C(F)(F)F)C(=O)Nc1scnc1C1CC1. The van der Waals surface area contributed by atoms with Crippen LogP contribution in [0, 0.1) is 0 Å². The first-order valence-corrected chi connectivity index (χ1v) is 8.31. The summed E-state index contributed by atoms with van der Waals surface area (Å²) in [5.41, 5.74) is 1.59. The van der Waals surface area contributed by atoms with Gasteiger partial charge in [0.2, 0.25) is 0 Å². The molecule has 3 rings (SSSR count). The third-order valence-corrected chi connectivity index (χ3v) is 4.42. The summed E-state index contributed by atoms with van der Waals surface area (Å²) < 4.78 is 44.2. The lowest BCUT2D eigenvalue weighted by atomic mass is 10.2. The van der Waals surface area contributed by atoms with Crippen molar-refractivity contribution >= 4 is 22.2 Å². The molecule has 1 atom stereocenters. The van der Waals surface area contributed by atoms with Crippen LogP contribution in [0.1, 0.15) is 36.9 Å². The smallest absolute Gasteiger partial charge is 0.419 e. The van der Waals surface area contributed by atoms with Crippen LogP contribution in [0.2, 0.25) is 0 Å². The largest absolute Gasteiger partial charge is 0.480 e. The molecular formula is C16H15F3N2O2S. The molecule has 1 amide bonds. The van der Waals surface area contributed by atoms with E-state index in [1.54, 1.807) is 5.51 Å². The van der Waals surface area contributed by atoms with Crippen molar-refractivity contribution in [2.75, 3.05) is 5.32 Å². The quantitative estimate of drug-likeness (QED) is 0.861. The molecule has 2 aromatic rings. The van der Waals surface area contributed by atoms with E-state index in [0.717, 1.165) is 24.6 Å². The third kappa shape index (κ3) is 3.69. The van der Waals surface area contributed by atoms with Gasteiger partial charge in [0.1, 0.15) is 10.8 Å². The van der Waals surface area contributed by atoms with Crippen molar-refractivity contribution in [3.63, 3.8) is 0 Å². The number of aromatic nitrogens is 1. The zero-order valence-electron chi connectivity index (χ0n) is 12.8. The Morgan fingerprint density at radius 2 is 2.08 bits per heavy atom. The van der Waals surface area contributed by atoms with Crippen molar-refractivity contribution in [2.24, 2.45) is 0 Å². The van der Waals surface area contributed by atoms with Gasteiger partial charge in [0.25, 0.3) is 5.91 Å². The third-order valence-electron chi connectivity index (χ3n) is 3.66. The number of anilines is 1. The van der Waals surface area contributed by atoms with Gasteiger partial charge in [-0.3, -0.25) is 4.79 Å². The number of ether oxygens (including phenoxy) is 1. The summed E-state index contributed by atoms with van der Waals surface area (Å²) in [6, 6.07) is 4.84. The first-order chi connectivity index (χ1) is 11.4. The van der Waals surface area contributed by atoms with Crippen LogP contribution in [-0.4, -0.2) is 17.0 Å². The number of hydrogen-bond donors (Lipinski definition) is 1. The van der Waals surface area contributed by atoms with Gasteiger partial charge in [-0.05, 0) is 31.9 Å². The minimum Gasteiger partial charge on any atom is -0.480 e. The van der Waals surface area contributed by atoms with E-state index in [-0.39, 0.29) is 5.75 Å². The van der Waals surface area contributed by atoms with Crippen molar-refractivity contribution in [2.45, 2.75) is 38.0 Å². The molecule has 1 aliphatic rings. The Morgan fingerprint density at radius 1 is 1.38 bits per heavy atom. The maximum Gasteiger partial charge on any atom is 0.419 e. The number of alkyl halides is 3. The molecule has 8 heteroatoms. The maximum atomic E-state index is 13.0. The van der Waals surface area contributed by atoms with Gasteiger partial charge < -0.3 is 10.1 Å². The van der Waals surface area contributed by atoms with Crippen molar-refractivity contribution in [3.8, 4) is 5.75 Å². The summed E-state index contributed by atoms with van der Waals surface area (Å²) >= 11 is 1.30. The number of nitrogens with one attached hydrogen (secondary N) is 1. The molecule has 128 valence electrons. The number of rotatable bonds is 5. The van der Waals surface area contributed by atoms with E-state index < -0.39 is 23.8 Å². The molecule has 1 saturated carbocycles. The molecule has 1 heterocycles. The fourth-order valence-electron chi connectivity index (χ4n) is 2.26. The number of hydrogen-bond acceptors (Lipinski definition) is 4. The molecule has 1 aliphatic carbocycles. The molecule has 0 spiro atoms. The number of thiazole rings is 1. The van der Waals surface area contributed by atoms with Crippen LogP contribution in [0.15, 0.2) is 29.8 Å². The zero-order chi connectivity index (χ0) is 17.3. The number of carbonyl (C=O) groups is 1. The fraction of sp³-hybridized carbons (Fsp3) is 0.375. The highest BCUT2D eigenvalue weighted by Crippen LogP contribution is 2.44. The molecule has 1 fully saturated rings. The zero-order valence-corrected chi connectivity index (χ0v) is 13.6. The average molecular weight is 356 g/mol. The Balaban J connectivity index is 1.70. The van der Waals surface area contributed by atoms with E-state index in [2.05, 4.69) is 10.3 Å². The lowest BCUT2D eigenvalue weighted by molar-refractivity contribution is -0.140. The summed E-state index contributed by atoms with van der Waals surface area (Å²) in [5.74, 6) is -0.494. The first kappa shape index (κ1) is 16.8. The molecule has 1 unspecified atom stereocenters. The van der Waals surface area contributed by atoms with Crippen LogP contribution >= 0.6 is 11.3 Å². The van der Waals surface area contributed by atoms with E-state index in [0.29, 0.717) is 10.9 Å². The van der Waals surface area contributed by atoms with Crippen LogP contribution in [-0.2, 0) is 11.0 Å². The highest BCUT2D eigenvalue weighted by atomic mass is 32.1. The van der Waals surface area contributed by atoms with E-state index in [1.165, 1.54) is 36.5 Å². The van der Waals surface area contributed by atoms with Gasteiger partial charge in [-0.25, -0.2) is 4.98 Å². The summed E-state index contributed by atoms with van der Waals surface area (Å²) in [4.78, 5) is 16.5. The van der Waals surface area contributed by atoms with Crippen LogP contribution in [0.3, 0.4) is 0 Å². The van der Waals surface area contributed by atoms with Crippen molar-refractivity contribution < 1.29 is 22.7 Å². The summed E-state index contributed by atoms with van der Waals surface area (Å²) in [6.07, 6.45) is -3.53. The Labute approximate surface area is 140 Å². The molecule has 1 N–H and O–H groups in total. The van der Waals surface area contributed by atoms with E-state index in [1.807, 2.05) is 0 Å². The van der Waals surface area contributed by atoms with Crippen LogP contribution in [0.4, 0.5) is 18.2 Å². The van der Waals surface area contributed by atoms with Crippen LogP contribution in [0.5, 0.6) is 5.75 Å². The second-order valence-electron chi connectivity index (χ2n) is 5.58. The number of nitrogens with zero attached hydrogens (tertiary/aromatic N) is 1. The van der Waals surface area contributed by atoms with E-state index in [9.17, 15) is 18.0 Å². The highest BCUT2D eigenvalue weighted by Gasteiger charge is 2.35.